The largest absolute Gasteiger partial charge is 0.466 e. The van der Waals surface area contributed by atoms with Crippen LogP contribution < -0.4 is 0 Å². The summed E-state index contributed by atoms with van der Waals surface area (Å²) in [4.78, 5) is 49.4. The number of rotatable bonds is 5. The van der Waals surface area contributed by atoms with E-state index in [0.717, 1.165) is 0 Å². The number of aliphatic hydroxyl groups excluding tert-OH is 1. The van der Waals surface area contributed by atoms with E-state index in [9.17, 15) is 24.3 Å². The maximum Gasteiger partial charge on any atom is 0.337 e. The van der Waals surface area contributed by atoms with Crippen LogP contribution in [0.15, 0.2) is 23.8 Å². The van der Waals surface area contributed by atoms with Gasteiger partial charge in [-0.1, -0.05) is 26.5 Å². The first-order valence-corrected chi connectivity index (χ1v) is 10.3. The molecular weight excluding hydrogens is 408 g/mol. The monoisotopic (exact) mass is 438 g/mol. The Morgan fingerprint density at radius 3 is 2.52 bits per heavy atom. The lowest BCUT2D eigenvalue weighted by molar-refractivity contribution is -0.173. The first kappa shape index (κ1) is 24.6. The molecule has 1 saturated heterocycles. The van der Waals surface area contributed by atoms with Crippen molar-refractivity contribution in [1.29, 1.82) is 0 Å². The van der Waals surface area contributed by atoms with Gasteiger partial charge in [0, 0.05) is 19.1 Å². The zero-order valence-corrected chi connectivity index (χ0v) is 18.3. The van der Waals surface area contributed by atoms with E-state index in [1.165, 1.54) is 14.0 Å². The van der Waals surface area contributed by atoms with E-state index in [1.807, 2.05) is 0 Å². The van der Waals surface area contributed by atoms with E-state index in [0.29, 0.717) is 19.3 Å². The first-order valence-electron chi connectivity index (χ1n) is 10.3. The molecular formula is C22H30O9. The molecule has 1 heterocycles. The average Bonchev–Trinajstić information content (AvgIpc) is 2.99. The smallest absolute Gasteiger partial charge is 0.337 e. The number of esters is 4. The van der Waals surface area contributed by atoms with E-state index in [2.05, 4.69) is 6.58 Å². The lowest BCUT2D eigenvalue weighted by Crippen LogP contribution is -2.47. The van der Waals surface area contributed by atoms with Crippen molar-refractivity contribution in [2.24, 2.45) is 17.8 Å². The summed E-state index contributed by atoms with van der Waals surface area (Å²) >= 11 is 0. The predicted octanol–water partition coefficient (Wildman–Crippen LogP) is 1.48. The summed E-state index contributed by atoms with van der Waals surface area (Å²) in [5.41, 5.74) is 0.0360. The number of methoxy groups -OCH3 is 1. The minimum atomic E-state index is -1.32. The van der Waals surface area contributed by atoms with Crippen LogP contribution in [0.2, 0.25) is 0 Å². The number of carbonyl (C=O) groups is 4. The van der Waals surface area contributed by atoms with Gasteiger partial charge in [-0.3, -0.25) is 9.59 Å². The van der Waals surface area contributed by atoms with Crippen LogP contribution in [0.25, 0.3) is 0 Å². The molecule has 0 aromatic heterocycles. The van der Waals surface area contributed by atoms with Gasteiger partial charge in [-0.25, -0.2) is 9.59 Å². The molecule has 0 radical (unpaired) electrons. The third kappa shape index (κ3) is 5.72. The first-order chi connectivity index (χ1) is 14.6. The van der Waals surface area contributed by atoms with E-state index in [4.69, 9.17) is 18.9 Å². The summed E-state index contributed by atoms with van der Waals surface area (Å²) in [6.07, 6.45) is -0.618. The second kappa shape index (κ2) is 10.6. The van der Waals surface area contributed by atoms with Gasteiger partial charge in [0.15, 0.2) is 12.2 Å². The van der Waals surface area contributed by atoms with Crippen LogP contribution in [0.5, 0.6) is 0 Å². The molecule has 1 fully saturated rings. The lowest BCUT2D eigenvalue weighted by atomic mass is 9.80. The Labute approximate surface area is 181 Å². The molecule has 9 heteroatoms. The second-order valence-electron chi connectivity index (χ2n) is 8.09. The molecule has 2 rings (SSSR count). The van der Waals surface area contributed by atoms with E-state index in [-0.39, 0.29) is 23.7 Å². The van der Waals surface area contributed by atoms with E-state index in [1.54, 1.807) is 19.9 Å². The van der Waals surface area contributed by atoms with E-state index < -0.39 is 54.0 Å². The highest BCUT2D eigenvalue weighted by Gasteiger charge is 2.51. The quantitative estimate of drug-likeness (QED) is 0.386. The third-order valence-electron chi connectivity index (χ3n) is 5.48. The molecule has 31 heavy (non-hydrogen) atoms. The summed E-state index contributed by atoms with van der Waals surface area (Å²) < 4.78 is 21.5. The van der Waals surface area contributed by atoms with Crippen molar-refractivity contribution in [2.75, 3.05) is 13.7 Å². The maximum atomic E-state index is 12.6. The molecule has 1 aliphatic carbocycles. The number of aliphatic hydroxyl groups is 1. The highest BCUT2D eigenvalue weighted by Crippen LogP contribution is 2.39. The Balaban J connectivity index is 2.66. The van der Waals surface area contributed by atoms with Gasteiger partial charge < -0.3 is 24.1 Å². The molecule has 5 atom stereocenters. The summed E-state index contributed by atoms with van der Waals surface area (Å²) in [6, 6.07) is 0. The molecule has 2 aliphatic rings. The highest BCUT2D eigenvalue weighted by molar-refractivity contribution is 5.92. The molecule has 9 nitrogen and oxygen atoms in total. The fraction of sp³-hybridized carbons (Fsp3) is 0.636. The number of fused-ring (bicyclic) bond motifs is 1. The number of hydrogen-bond donors (Lipinski definition) is 1. The Morgan fingerprint density at radius 1 is 1.29 bits per heavy atom. The normalized spacial score (nSPS) is 30.5. The average molecular weight is 438 g/mol. The van der Waals surface area contributed by atoms with Crippen molar-refractivity contribution < 1.29 is 43.2 Å². The van der Waals surface area contributed by atoms with Crippen LogP contribution >= 0.6 is 0 Å². The predicted molar refractivity (Wildman–Crippen MR) is 107 cm³/mol. The van der Waals surface area contributed by atoms with Crippen LogP contribution in [0.3, 0.4) is 0 Å². The van der Waals surface area contributed by atoms with Crippen LogP contribution in [0.4, 0.5) is 0 Å². The Hall–Kier alpha value is -2.68. The maximum absolute atomic E-state index is 12.6. The van der Waals surface area contributed by atoms with Gasteiger partial charge in [0.1, 0.15) is 6.10 Å². The molecule has 0 amide bonds. The minimum absolute atomic E-state index is 0.0104. The zero-order valence-electron chi connectivity index (χ0n) is 18.3. The summed E-state index contributed by atoms with van der Waals surface area (Å²) in [6.45, 7) is 8.07. The van der Waals surface area contributed by atoms with Crippen molar-refractivity contribution in [2.45, 2.75) is 58.3 Å². The van der Waals surface area contributed by atoms with Gasteiger partial charge in [0.25, 0.3) is 0 Å². The molecule has 172 valence electrons. The standard InChI is InChI=1S/C22H30O9/c1-11(2)20(25)31-19-17-12(3)21(26)30-16(17)9-14(10-23)7-6-8-15(22(27)28-5)18(19)29-13(4)24/h8,11,14,16-19,23H,3,6-7,9-10H2,1-2,4-5H3/b15-8+/t14-,16-,17-,18+,19+/m1/s1. The van der Waals surface area contributed by atoms with Crippen LogP contribution in [-0.4, -0.2) is 61.0 Å². The van der Waals surface area contributed by atoms with Gasteiger partial charge in [0.2, 0.25) is 0 Å². The van der Waals surface area contributed by atoms with Crippen LogP contribution in [0.1, 0.15) is 40.0 Å². The Bertz CT molecular complexity index is 767. The minimum Gasteiger partial charge on any atom is -0.466 e. The van der Waals surface area contributed by atoms with Gasteiger partial charge in [-0.15, -0.1) is 0 Å². The van der Waals surface area contributed by atoms with Crippen LogP contribution in [-0.2, 0) is 38.1 Å². The van der Waals surface area contributed by atoms with Crippen LogP contribution in [0, 0.1) is 17.8 Å². The van der Waals surface area contributed by atoms with Crippen molar-refractivity contribution in [3.05, 3.63) is 23.8 Å². The number of hydrogen-bond acceptors (Lipinski definition) is 9. The van der Waals surface area contributed by atoms with Gasteiger partial charge in [-0.05, 0) is 25.2 Å². The van der Waals surface area contributed by atoms with Gasteiger partial charge in [-0.2, -0.15) is 0 Å². The molecule has 1 N–H and O–H groups in total. The second-order valence-corrected chi connectivity index (χ2v) is 8.09. The van der Waals surface area contributed by atoms with Gasteiger partial charge >= 0.3 is 23.9 Å². The summed E-state index contributed by atoms with van der Waals surface area (Å²) in [5, 5.41) is 9.77. The zero-order chi connectivity index (χ0) is 23.3. The summed E-state index contributed by atoms with van der Waals surface area (Å²) in [7, 11) is 1.18. The van der Waals surface area contributed by atoms with Crippen molar-refractivity contribution in [3.63, 3.8) is 0 Å². The van der Waals surface area contributed by atoms with Crippen molar-refractivity contribution in [1.82, 2.24) is 0 Å². The molecule has 0 aromatic rings. The lowest BCUT2D eigenvalue weighted by Gasteiger charge is -2.35. The summed E-state index contributed by atoms with van der Waals surface area (Å²) in [5.74, 6) is -4.36. The SMILES string of the molecule is C=C1C(=O)O[C@@H]2C[C@H](CO)CC/C=C(/C(=O)OC)[C@H](OC(C)=O)[C@@H](OC(=O)C(C)C)[C@H]12. The highest BCUT2D eigenvalue weighted by atomic mass is 16.6. The Morgan fingerprint density at radius 2 is 1.97 bits per heavy atom. The topological polar surface area (TPSA) is 125 Å². The molecule has 0 spiro atoms. The van der Waals surface area contributed by atoms with E-state index >= 15 is 0 Å². The number of allylic oxidation sites excluding steroid dienone is 1. The molecule has 0 bridgehead atoms. The van der Waals surface area contributed by atoms with Gasteiger partial charge in [0.05, 0.1) is 24.5 Å². The number of ether oxygens (including phenoxy) is 4. The van der Waals surface area contributed by atoms with Crippen molar-refractivity contribution in [3.8, 4) is 0 Å². The molecule has 1 aliphatic heterocycles. The molecule has 0 unspecified atom stereocenters. The Kier molecular flexibility index (Phi) is 8.38. The molecule has 0 aromatic carbocycles. The fourth-order valence-electron chi connectivity index (χ4n) is 3.85. The molecule has 0 saturated carbocycles. The number of carbonyl (C=O) groups excluding carboxylic acids is 4. The third-order valence-corrected chi connectivity index (χ3v) is 5.48. The van der Waals surface area contributed by atoms with Crippen molar-refractivity contribution >= 4 is 23.9 Å². The fourth-order valence-corrected chi connectivity index (χ4v) is 3.85.